The van der Waals surface area contributed by atoms with Crippen LogP contribution in [0.25, 0.3) is 6.08 Å². The fourth-order valence-electron chi connectivity index (χ4n) is 0.908. The van der Waals surface area contributed by atoms with Gasteiger partial charge in [-0.1, -0.05) is 6.08 Å². The van der Waals surface area contributed by atoms with Crippen LogP contribution >= 0.6 is 0 Å². The number of hydrogen-bond donors (Lipinski definition) is 0. The van der Waals surface area contributed by atoms with Gasteiger partial charge >= 0.3 is 0 Å². The van der Waals surface area contributed by atoms with Gasteiger partial charge in [0.2, 0.25) is 0 Å². The van der Waals surface area contributed by atoms with E-state index in [1.807, 2.05) is 25.3 Å². The van der Waals surface area contributed by atoms with Gasteiger partial charge in [0.15, 0.2) is 0 Å². The highest BCUT2D eigenvalue weighted by Crippen LogP contribution is 2.07. The predicted octanol–water partition coefficient (Wildman–Crippen LogP) is 2.73. The average molecular weight is 147 g/mol. The molecule has 1 aromatic heterocycles. The number of allylic oxidation sites excluding steroid dienone is 1. The Labute approximate surface area is 67.8 Å². The van der Waals surface area contributed by atoms with Gasteiger partial charge in [0.1, 0.15) is 0 Å². The standard InChI is InChI=1S/C10H13N/c1-4-5-10-6-8(2)9(3)7-11-10/h4-7H,1-3H3/b5-4+. The summed E-state index contributed by atoms with van der Waals surface area (Å²) < 4.78 is 0. The van der Waals surface area contributed by atoms with Gasteiger partial charge in [0.25, 0.3) is 0 Å². The minimum Gasteiger partial charge on any atom is -0.257 e. The smallest absolute Gasteiger partial charge is 0.0629 e. The zero-order valence-electron chi connectivity index (χ0n) is 7.26. The maximum absolute atomic E-state index is 4.24. The van der Waals surface area contributed by atoms with Crippen LogP contribution in [-0.4, -0.2) is 4.98 Å². The molecule has 1 heterocycles. The summed E-state index contributed by atoms with van der Waals surface area (Å²) in [6.45, 7) is 6.17. The number of hydrogen-bond acceptors (Lipinski definition) is 1. The zero-order valence-corrected chi connectivity index (χ0v) is 7.26. The summed E-state index contributed by atoms with van der Waals surface area (Å²) in [5.41, 5.74) is 3.59. The van der Waals surface area contributed by atoms with E-state index >= 15 is 0 Å². The molecule has 0 aliphatic rings. The zero-order chi connectivity index (χ0) is 8.27. The van der Waals surface area contributed by atoms with Crippen molar-refractivity contribution < 1.29 is 0 Å². The van der Waals surface area contributed by atoms with Crippen molar-refractivity contribution in [1.82, 2.24) is 4.98 Å². The molecule has 0 N–H and O–H groups in total. The third kappa shape index (κ3) is 1.90. The lowest BCUT2D eigenvalue weighted by molar-refractivity contribution is 1.20. The molecule has 0 unspecified atom stereocenters. The quantitative estimate of drug-likeness (QED) is 0.595. The van der Waals surface area contributed by atoms with Crippen LogP contribution in [-0.2, 0) is 0 Å². The molecule has 1 heteroatoms. The molecule has 0 aliphatic heterocycles. The predicted molar refractivity (Wildman–Crippen MR) is 48.4 cm³/mol. The number of rotatable bonds is 1. The Bertz CT molecular complexity index is 274. The lowest BCUT2D eigenvalue weighted by atomic mass is 10.1. The maximum atomic E-state index is 4.24. The number of nitrogens with zero attached hydrogens (tertiary/aromatic N) is 1. The molecule has 0 bridgehead atoms. The molecule has 0 fully saturated rings. The van der Waals surface area contributed by atoms with E-state index < -0.39 is 0 Å². The molecule has 11 heavy (non-hydrogen) atoms. The lowest BCUT2D eigenvalue weighted by Gasteiger charge is -1.98. The molecular formula is C10H13N. The summed E-state index contributed by atoms with van der Waals surface area (Å²) in [6, 6.07) is 2.09. The molecule has 1 aromatic rings. The van der Waals surface area contributed by atoms with Crippen molar-refractivity contribution in [1.29, 1.82) is 0 Å². The highest BCUT2D eigenvalue weighted by Gasteiger charge is 1.92. The summed E-state index contributed by atoms with van der Waals surface area (Å²) in [7, 11) is 0. The molecule has 0 radical (unpaired) electrons. The SMILES string of the molecule is C/C=C/c1cc(C)c(C)cn1. The van der Waals surface area contributed by atoms with Crippen molar-refractivity contribution in [3.8, 4) is 0 Å². The van der Waals surface area contributed by atoms with Crippen LogP contribution < -0.4 is 0 Å². The van der Waals surface area contributed by atoms with E-state index in [4.69, 9.17) is 0 Å². The van der Waals surface area contributed by atoms with Gasteiger partial charge in [-0.3, -0.25) is 4.98 Å². The second-order valence-electron chi connectivity index (χ2n) is 2.69. The third-order valence-electron chi connectivity index (χ3n) is 1.73. The van der Waals surface area contributed by atoms with E-state index in [9.17, 15) is 0 Å². The minimum absolute atomic E-state index is 1.04. The lowest BCUT2D eigenvalue weighted by Crippen LogP contribution is -1.85. The normalized spacial score (nSPS) is 10.8. The number of aryl methyl sites for hydroxylation is 2. The Morgan fingerprint density at radius 2 is 2.00 bits per heavy atom. The third-order valence-corrected chi connectivity index (χ3v) is 1.73. The monoisotopic (exact) mass is 147 g/mol. The van der Waals surface area contributed by atoms with E-state index in [0.717, 1.165) is 5.69 Å². The van der Waals surface area contributed by atoms with Crippen molar-refractivity contribution in [2.45, 2.75) is 20.8 Å². The Morgan fingerprint density at radius 3 is 2.55 bits per heavy atom. The van der Waals surface area contributed by atoms with E-state index in [2.05, 4.69) is 24.9 Å². The van der Waals surface area contributed by atoms with Gasteiger partial charge in [-0.15, -0.1) is 0 Å². The highest BCUT2D eigenvalue weighted by molar-refractivity contribution is 5.45. The summed E-state index contributed by atoms with van der Waals surface area (Å²) >= 11 is 0. The van der Waals surface area contributed by atoms with Crippen molar-refractivity contribution >= 4 is 6.08 Å². The van der Waals surface area contributed by atoms with Crippen LogP contribution in [0.3, 0.4) is 0 Å². The largest absolute Gasteiger partial charge is 0.257 e. The van der Waals surface area contributed by atoms with Crippen molar-refractivity contribution in [2.75, 3.05) is 0 Å². The molecule has 0 amide bonds. The summed E-state index contributed by atoms with van der Waals surface area (Å²) in [5, 5.41) is 0. The van der Waals surface area contributed by atoms with E-state index in [1.54, 1.807) is 0 Å². The second-order valence-corrected chi connectivity index (χ2v) is 2.69. The van der Waals surface area contributed by atoms with Gasteiger partial charge in [0.05, 0.1) is 5.69 Å². The van der Waals surface area contributed by atoms with Gasteiger partial charge in [0, 0.05) is 6.20 Å². The molecule has 0 spiro atoms. The Hall–Kier alpha value is -1.11. The van der Waals surface area contributed by atoms with Crippen LogP contribution in [0.2, 0.25) is 0 Å². The average Bonchev–Trinajstić information content (AvgIpc) is 1.98. The Kier molecular flexibility index (Phi) is 2.42. The number of aromatic nitrogens is 1. The van der Waals surface area contributed by atoms with Crippen molar-refractivity contribution in [3.63, 3.8) is 0 Å². The van der Waals surface area contributed by atoms with Crippen LogP contribution in [0.5, 0.6) is 0 Å². The van der Waals surface area contributed by atoms with Gasteiger partial charge < -0.3 is 0 Å². The first-order valence-corrected chi connectivity index (χ1v) is 3.80. The summed E-state index contributed by atoms with van der Waals surface area (Å²) in [5.74, 6) is 0. The van der Waals surface area contributed by atoms with Crippen molar-refractivity contribution in [3.05, 3.63) is 35.2 Å². The molecule has 0 aromatic carbocycles. The van der Waals surface area contributed by atoms with E-state index in [0.29, 0.717) is 0 Å². The first-order valence-electron chi connectivity index (χ1n) is 3.80. The van der Waals surface area contributed by atoms with E-state index in [-0.39, 0.29) is 0 Å². The molecule has 0 saturated heterocycles. The van der Waals surface area contributed by atoms with Crippen molar-refractivity contribution in [2.24, 2.45) is 0 Å². The fourth-order valence-corrected chi connectivity index (χ4v) is 0.908. The summed E-state index contributed by atoms with van der Waals surface area (Å²) in [6.07, 6.45) is 5.91. The van der Waals surface area contributed by atoms with Crippen LogP contribution in [0.1, 0.15) is 23.7 Å². The number of pyridine rings is 1. The summed E-state index contributed by atoms with van der Waals surface area (Å²) in [4.78, 5) is 4.24. The van der Waals surface area contributed by atoms with Crippen LogP contribution in [0.15, 0.2) is 18.3 Å². The molecule has 1 nitrogen and oxygen atoms in total. The molecule has 1 rings (SSSR count). The topological polar surface area (TPSA) is 12.9 Å². The van der Waals surface area contributed by atoms with Crippen LogP contribution in [0, 0.1) is 13.8 Å². The first kappa shape index (κ1) is 7.99. The van der Waals surface area contributed by atoms with Gasteiger partial charge in [-0.25, -0.2) is 0 Å². The van der Waals surface area contributed by atoms with Gasteiger partial charge in [-0.2, -0.15) is 0 Å². The molecule has 0 atom stereocenters. The second kappa shape index (κ2) is 3.33. The first-order chi connectivity index (χ1) is 5.24. The molecule has 0 aliphatic carbocycles. The van der Waals surface area contributed by atoms with Gasteiger partial charge in [-0.05, 0) is 44.0 Å². The fraction of sp³-hybridized carbons (Fsp3) is 0.300. The maximum Gasteiger partial charge on any atom is 0.0629 e. The highest BCUT2D eigenvalue weighted by atomic mass is 14.7. The van der Waals surface area contributed by atoms with E-state index in [1.165, 1.54) is 11.1 Å². The van der Waals surface area contributed by atoms with Crippen LogP contribution in [0.4, 0.5) is 0 Å². The molecular weight excluding hydrogens is 134 g/mol. The Balaban J connectivity index is 3.05. The Morgan fingerprint density at radius 1 is 1.27 bits per heavy atom. The minimum atomic E-state index is 1.04. The molecule has 0 saturated carbocycles. The molecule has 58 valence electrons.